The number of alkyl halides is 2. The second-order valence-corrected chi connectivity index (χ2v) is 1.32. The predicted molar refractivity (Wildman–Crippen MR) is 23.3 cm³/mol. The summed E-state index contributed by atoms with van der Waals surface area (Å²) in [6.07, 6.45) is -4.07. The van der Waals surface area contributed by atoms with E-state index in [-0.39, 0.29) is 0 Å². The molecular weight excluding hydrogens is 134 g/mol. The van der Waals surface area contributed by atoms with Crippen molar-refractivity contribution in [1.82, 2.24) is 0 Å². The minimum Gasteiger partial charge on any atom is -0.475 e. The van der Waals surface area contributed by atoms with Gasteiger partial charge in [-0.3, -0.25) is 4.79 Å². The van der Waals surface area contributed by atoms with Crippen LogP contribution in [0.3, 0.4) is 0 Å². The standard InChI is InChI=1S/C4H4F2O3/c5-3(6)1-2(7)4(8)9/h3H,1H2,(H,8,9). The molecule has 52 valence electrons. The number of Topliss-reactive ketones (excluding diaryl/α,β-unsaturated/α-hetero) is 1. The van der Waals surface area contributed by atoms with Crippen molar-refractivity contribution in [2.75, 3.05) is 0 Å². The summed E-state index contributed by atoms with van der Waals surface area (Å²) < 4.78 is 22.3. The van der Waals surface area contributed by atoms with Crippen molar-refractivity contribution in [2.24, 2.45) is 0 Å². The quantitative estimate of drug-likeness (QED) is 0.570. The zero-order valence-corrected chi connectivity index (χ0v) is 4.30. The first-order valence-corrected chi connectivity index (χ1v) is 2.08. The van der Waals surface area contributed by atoms with Crippen molar-refractivity contribution >= 4 is 11.8 Å². The topological polar surface area (TPSA) is 54.4 Å². The Morgan fingerprint density at radius 3 is 2.00 bits per heavy atom. The van der Waals surface area contributed by atoms with Crippen LogP contribution in [-0.4, -0.2) is 23.3 Å². The molecule has 0 aromatic rings. The molecule has 0 atom stereocenters. The van der Waals surface area contributed by atoms with E-state index in [0.717, 1.165) is 0 Å². The molecule has 0 heterocycles. The molecule has 0 unspecified atom stereocenters. The average molecular weight is 138 g/mol. The van der Waals surface area contributed by atoms with E-state index in [0.29, 0.717) is 0 Å². The maximum absolute atomic E-state index is 11.2. The third-order valence-electron chi connectivity index (χ3n) is 0.578. The molecular formula is C4H4F2O3. The lowest BCUT2D eigenvalue weighted by molar-refractivity contribution is -0.150. The van der Waals surface area contributed by atoms with Crippen LogP contribution in [0.2, 0.25) is 0 Å². The van der Waals surface area contributed by atoms with Crippen molar-refractivity contribution in [3.05, 3.63) is 0 Å². The van der Waals surface area contributed by atoms with Crippen LogP contribution in [0.15, 0.2) is 0 Å². The van der Waals surface area contributed by atoms with Gasteiger partial charge in [0.25, 0.3) is 0 Å². The van der Waals surface area contributed by atoms with E-state index in [2.05, 4.69) is 0 Å². The van der Waals surface area contributed by atoms with Gasteiger partial charge in [-0.2, -0.15) is 0 Å². The molecule has 5 heteroatoms. The molecule has 1 N–H and O–H groups in total. The number of carbonyl (C=O) groups excluding carboxylic acids is 1. The van der Waals surface area contributed by atoms with Gasteiger partial charge in [-0.1, -0.05) is 0 Å². The Labute approximate surface area is 49.3 Å². The minimum atomic E-state index is -2.87. The zero-order valence-electron chi connectivity index (χ0n) is 4.30. The van der Waals surface area contributed by atoms with Crippen LogP contribution in [0, 0.1) is 0 Å². The smallest absolute Gasteiger partial charge is 0.372 e. The Hall–Kier alpha value is -1.00. The summed E-state index contributed by atoms with van der Waals surface area (Å²) in [6, 6.07) is 0. The molecule has 9 heavy (non-hydrogen) atoms. The number of carboxylic acids is 1. The first-order chi connectivity index (χ1) is 4.04. The zero-order chi connectivity index (χ0) is 7.44. The highest BCUT2D eigenvalue weighted by molar-refractivity contribution is 6.32. The maximum atomic E-state index is 11.2. The highest BCUT2D eigenvalue weighted by atomic mass is 19.3. The molecule has 0 fully saturated rings. The third-order valence-corrected chi connectivity index (χ3v) is 0.578. The van der Waals surface area contributed by atoms with Crippen LogP contribution in [-0.2, 0) is 9.59 Å². The average Bonchev–Trinajstić information content (AvgIpc) is 1.63. The van der Waals surface area contributed by atoms with E-state index in [9.17, 15) is 18.4 Å². The van der Waals surface area contributed by atoms with Gasteiger partial charge in [0.05, 0.1) is 6.42 Å². The van der Waals surface area contributed by atoms with Crippen molar-refractivity contribution in [2.45, 2.75) is 12.8 Å². The minimum absolute atomic E-state index is 1.20. The Bertz CT molecular complexity index is 132. The van der Waals surface area contributed by atoms with Crippen LogP contribution >= 0.6 is 0 Å². The fourth-order valence-corrected chi connectivity index (χ4v) is 0.227. The number of halogens is 2. The fraction of sp³-hybridized carbons (Fsp3) is 0.500. The molecule has 0 saturated heterocycles. The number of rotatable bonds is 3. The molecule has 0 saturated carbocycles. The summed E-state index contributed by atoms with van der Waals surface area (Å²) >= 11 is 0. The van der Waals surface area contributed by atoms with Gasteiger partial charge < -0.3 is 5.11 Å². The lowest BCUT2D eigenvalue weighted by Gasteiger charge is -1.90. The monoisotopic (exact) mass is 138 g/mol. The summed E-state index contributed by atoms with van der Waals surface area (Å²) in [5.41, 5.74) is 0. The van der Waals surface area contributed by atoms with Gasteiger partial charge in [-0.25, -0.2) is 13.6 Å². The molecule has 0 bridgehead atoms. The Kier molecular flexibility index (Phi) is 2.77. The van der Waals surface area contributed by atoms with Crippen LogP contribution in [0.5, 0.6) is 0 Å². The first-order valence-electron chi connectivity index (χ1n) is 2.08. The lowest BCUT2D eigenvalue weighted by atomic mass is 10.3. The highest BCUT2D eigenvalue weighted by Gasteiger charge is 2.16. The molecule has 0 aliphatic heterocycles. The number of ketones is 1. The molecule has 0 spiro atoms. The summed E-state index contributed by atoms with van der Waals surface area (Å²) in [5.74, 6) is -3.26. The number of carboxylic acid groups (broad SMARTS) is 1. The molecule has 0 radical (unpaired) electrons. The van der Waals surface area contributed by atoms with Gasteiger partial charge in [0, 0.05) is 0 Å². The number of hydrogen-bond donors (Lipinski definition) is 1. The highest BCUT2D eigenvalue weighted by Crippen LogP contribution is 1.98. The Morgan fingerprint density at radius 2 is 1.89 bits per heavy atom. The molecule has 0 aliphatic rings. The summed E-state index contributed by atoms with van der Waals surface area (Å²) in [7, 11) is 0. The van der Waals surface area contributed by atoms with Crippen molar-refractivity contribution in [3.8, 4) is 0 Å². The van der Waals surface area contributed by atoms with Gasteiger partial charge in [-0.05, 0) is 0 Å². The summed E-state index contributed by atoms with van der Waals surface area (Å²) in [6.45, 7) is 0. The third kappa shape index (κ3) is 3.57. The summed E-state index contributed by atoms with van der Waals surface area (Å²) in [4.78, 5) is 19.4. The molecule has 0 rings (SSSR count). The van der Waals surface area contributed by atoms with Crippen LogP contribution in [0.25, 0.3) is 0 Å². The van der Waals surface area contributed by atoms with Gasteiger partial charge >= 0.3 is 5.97 Å². The normalized spacial score (nSPS) is 9.67. The van der Waals surface area contributed by atoms with E-state index in [1.54, 1.807) is 0 Å². The van der Waals surface area contributed by atoms with Gasteiger partial charge in [0.1, 0.15) is 0 Å². The second-order valence-electron chi connectivity index (χ2n) is 1.32. The number of carbonyl (C=O) groups is 2. The second kappa shape index (κ2) is 3.11. The van der Waals surface area contributed by atoms with Crippen LogP contribution in [0.1, 0.15) is 6.42 Å². The van der Waals surface area contributed by atoms with Crippen LogP contribution < -0.4 is 0 Å². The van der Waals surface area contributed by atoms with E-state index < -0.39 is 24.6 Å². The van der Waals surface area contributed by atoms with Gasteiger partial charge in [-0.15, -0.1) is 0 Å². The Balaban J connectivity index is 3.65. The maximum Gasteiger partial charge on any atom is 0.372 e. The molecule has 0 aliphatic carbocycles. The molecule has 0 aromatic carbocycles. The van der Waals surface area contributed by atoms with Crippen molar-refractivity contribution < 1.29 is 23.5 Å². The lowest BCUT2D eigenvalue weighted by Crippen LogP contribution is -2.15. The Morgan fingerprint density at radius 1 is 1.44 bits per heavy atom. The van der Waals surface area contributed by atoms with E-state index in [1.807, 2.05) is 0 Å². The number of aliphatic carboxylic acids is 1. The van der Waals surface area contributed by atoms with Crippen molar-refractivity contribution in [3.63, 3.8) is 0 Å². The first kappa shape index (κ1) is 8.00. The summed E-state index contributed by atoms with van der Waals surface area (Å²) in [5, 5.41) is 7.75. The molecule has 0 amide bonds. The SMILES string of the molecule is O=C(O)C(=O)CC(F)F. The predicted octanol–water partition coefficient (Wildman–Crippen LogP) is 0.295. The van der Waals surface area contributed by atoms with Gasteiger partial charge in [0.2, 0.25) is 12.2 Å². The fourth-order valence-electron chi connectivity index (χ4n) is 0.227. The van der Waals surface area contributed by atoms with E-state index in [1.165, 1.54) is 0 Å². The largest absolute Gasteiger partial charge is 0.475 e. The van der Waals surface area contributed by atoms with E-state index in [4.69, 9.17) is 5.11 Å². The van der Waals surface area contributed by atoms with Crippen molar-refractivity contribution in [1.29, 1.82) is 0 Å². The van der Waals surface area contributed by atoms with Crippen LogP contribution in [0.4, 0.5) is 8.78 Å². The van der Waals surface area contributed by atoms with Gasteiger partial charge in [0.15, 0.2) is 0 Å². The molecule has 3 nitrogen and oxygen atoms in total. The van der Waals surface area contributed by atoms with E-state index >= 15 is 0 Å². The number of hydrogen-bond acceptors (Lipinski definition) is 2. The molecule has 0 aromatic heterocycles.